The molecule has 0 saturated heterocycles. The summed E-state index contributed by atoms with van der Waals surface area (Å²) in [5.41, 5.74) is 4.13. The second kappa shape index (κ2) is 9.09. The molecular weight excluding hydrogens is 384 g/mol. The number of hydrogen-bond donors (Lipinski definition) is 1. The maximum atomic E-state index is 13.1. The molecule has 0 unspecified atom stereocenters. The molecule has 0 atom stereocenters. The van der Waals surface area contributed by atoms with Crippen molar-refractivity contribution >= 4 is 15.9 Å². The van der Waals surface area contributed by atoms with E-state index < -0.39 is 10.0 Å². The summed E-state index contributed by atoms with van der Waals surface area (Å²) in [5.74, 6) is 0.553. The summed E-state index contributed by atoms with van der Waals surface area (Å²) < 4.78 is 24.8. The highest BCUT2D eigenvalue weighted by molar-refractivity contribution is 7.88. The molecule has 0 aliphatic heterocycles. The van der Waals surface area contributed by atoms with Gasteiger partial charge in [-0.15, -0.1) is 0 Å². The van der Waals surface area contributed by atoms with Crippen molar-refractivity contribution in [3.8, 4) is 0 Å². The van der Waals surface area contributed by atoms with Gasteiger partial charge in [0.1, 0.15) is 0 Å². The fraction of sp³-hybridized carbons (Fsp3) is 0.435. The van der Waals surface area contributed by atoms with Crippen LogP contribution in [0.2, 0.25) is 0 Å². The second-order valence-electron chi connectivity index (χ2n) is 8.17. The number of carbonyl (C=O) groups excluding carboxylic acids is 1. The molecule has 0 radical (unpaired) electrons. The van der Waals surface area contributed by atoms with Crippen molar-refractivity contribution < 1.29 is 13.2 Å². The lowest BCUT2D eigenvalue weighted by atomic mass is 10.0. The highest BCUT2D eigenvalue weighted by Gasteiger charge is 2.33. The minimum Gasteiger partial charge on any atom is -0.331 e. The Morgan fingerprint density at radius 3 is 2.14 bits per heavy atom. The van der Waals surface area contributed by atoms with Crippen LogP contribution in [0.15, 0.2) is 48.5 Å². The summed E-state index contributed by atoms with van der Waals surface area (Å²) in [6.45, 7) is 5.33. The van der Waals surface area contributed by atoms with Crippen LogP contribution in [-0.4, -0.2) is 38.1 Å². The Labute approximate surface area is 174 Å². The molecule has 1 N–H and O–H groups in total. The van der Waals surface area contributed by atoms with Crippen LogP contribution in [-0.2, 0) is 23.0 Å². The van der Waals surface area contributed by atoms with E-state index in [0.29, 0.717) is 37.0 Å². The summed E-state index contributed by atoms with van der Waals surface area (Å²) in [7, 11) is -3.18. The highest BCUT2D eigenvalue weighted by Crippen LogP contribution is 2.30. The molecule has 156 valence electrons. The average Bonchev–Trinajstić information content (AvgIpc) is 3.50. The van der Waals surface area contributed by atoms with E-state index in [0.717, 1.165) is 30.2 Å². The van der Waals surface area contributed by atoms with Gasteiger partial charge in [-0.3, -0.25) is 4.79 Å². The highest BCUT2D eigenvalue weighted by atomic mass is 32.2. The minimum absolute atomic E-state index is 0.0567. The zero-order valence-electron chi connectivity index (χ0n) is 17.4. The molecule has 3 rings (SSSR count). The van der Waals surface area contributed by atoms with Crippen LogP contribution >= 0.6 is 0 Å². The third-order valence-electron chi connectivity index (χ3n) is 5.23. The van der Waals surface area contributed by atoms with Gasteiger partial charge in [0.15, 0.2) is 0 Å². The second-order valence-corrected chi connectivity index (χ2v) is 10.0. The Morgan fingerprint density at radius 1 is 1.03 bits per heavy atom. The van der Waals surface area contributed by atoms with Crippen LogP contribution in [0, 0.1) is 0 Å². The number of hydrogen-bond acceptors (Lipinski definition) is 3. The standard InChI is InChI=1S/C23H30N2O3S/c1-17(2)20-8-6-19(7-9-20)16-25(22-12-13-22)23(26)21-10-4-18(5-11-21)14-15-24-29(3,27)28/h4-11,17,22,24H,12-16H2,1-3H3. The zero-order valence-corrected chi connectivity index (χ0v) is 18.2. The Balaban J connectivity index is 1.64. The van der Waals surface area contributed by atoms with E-state index in [2.05, 4.69) is 42.8 Å². The maximum absolute atomic E-state index is 13.1. The molecule has 5 nitrogen and oxygen atoms in total. The van der Waals surface area contributed by atoms with Gasteiger partial charge >= 0.3 is 0 Å². The number of nitrogens with one attached hydrogen (secondary N) is 1. The molecule has 1 saturated carbocycles. The SMILES string of the molecule is CC(C)c1ccc(CN(C(=O)c2ccc(CCNS(C)(=O)=O)cc2)C2CC2)cc1. The Morgan fingerprint density at radius 2 is 1.62 bits per heavy atom. The summed E-state index contributed by atoms with van der Waals surface area (Å²) in [4.78, 5) is 15.1. The van der Waals surface area contributed by atoms with Crippen molar-refractivity contribution in [3.05, 3.63) is 70.8 Å². The third-order valence-corrected chi connectivity index (χ3v) is 5.96. The van der Waals surface area contributed by atoms with Crippen LogP contribution in [0.3, 0.4) is 0 Å². The topological polar surface area (TPSA) is 66.5 Å². The number of sulfonamides is 1. The molecule has 1 amide bonds. The van der Waals surface area contributed by atoms with Crippen LogP contribution in [0.4, 0.5) is 0 Å². The van der Waals surface area contributed by atoms with Crippen molar-refractivity contribution in [2.75, 3.05) is 12.8 Å². The predicted octanol–water partition coefficient (Wildman–Crippen LogP) is 3.71. The first-order valence-corrected chi connectivity index (χ1v) is 12.1. The van der Waals surface area contributed by atoms with Crippen molar-refractivity contribution in [3.63, 3.8) is 0 Å². The molecule has 0 heterocycles. The normalized spacial score (nSPS) is 14.2. The minimum atomic E-state index is -3.18. The van der Waals surface area contributed by atoms with Crippen LogP contribution < -0.4 is 4.72 Å². The molecule has 1 fully saturated rings. The number of nitrogens with zero attached hydrogens (tertiary/aromatic N) is 1. The number of rotatable bonds is 9. The van der Waals surface area contributed by atoms with Gasteiger partial charge in [-0.2, -0.15) is 0 Å². The zero-order chi connectivity index (χ0) is 21.0. The van der Waals surface area contributed by atoms with Gasteiger partial charge < -0.3 is 4.90 Å². The van der Waals surface area contributed by atoms with Gasteiger partial charge in [0, 0.05) is 24.7 Å². The molecule has 0 spiro atoms. The van der Waals surface area contributed by atoms with Crippen molar-refractivity contribution in [2.45, 2.75) is 51.6 Å². The predicted molar refractivity (Wildman–Crippen MR) is 116 cm³/mol. The largest absolute Gasteiger partial charge is 0.331 e. The van der Waals surface area contributed by atoms with Gasteiger partial charge in [-0.25, -0.2) is 13.1 Å². The summed E-state index contributed by atoms with van der Waals surface area (Å²) in [6.07, 6.45) is 3.86. The molecule has 0 aromatic heterocycles. The first-order valence-electron chi connectivity index (χ1n) is 10.2. The number of benzene rings is 2. The number of carbonyl (C=O) groups is 1. The van der Waals surface area contributed by atoms with Crippen molar-refractivity contribution in [1.82, 2.24) is 9.62 Å². The smallest absolute Gasteiger partial charge is 0.254 e. The lowest BCUT2D eigenvalue weighted by molar-refractivity contribution is 0.0730. The molecule has 29 heavy (non-hydrogen) atoms. The quantitative estimate of drug-likeness (QED) is 0.680. The fourth-order valence-electron chi connectivity index (χ4n) is 3.32. The molecule has 1 aliphatic carbocycles. The van der Waals surface area contributed by atoms with Crippen LogP contribution in [0.25, 0.3) is 0 Å². The fourth-order valence-corrected chi connectivity index (χ4v) is 3.79. The van der Waals surface area contributed by atoms with E-state index in [9.17, 15) is 13.2 Å². The van der Waals surface area contributed by atoms with Gasteiger partial charge in [0.25, 0.3) is 5.91 Å². The molecular formula is C23H30N2O3S. The Bertz CT molecular complexity index is 931. The number of amides is 1. The van der Waals surface area contributed by atoms with Crippen LogP contribution in [0.5, 0.6) is 0 Å². The van der Waals surface area contributed by atoms with E-state index in [1.54, 1.807) is 0 Å². The molecule has 2 aromatic rings. The van der Waals surface area contributed by atoms with Gasteiger partial charge in [-0.1, -0.05) is 50.2 Å². The van der Waals surface area contributed by atoms with Gasteiger partial charge in [0.05, 0.1) is 6.26 Å². The molecule has 1 aliphatic rings. The van der Waals surface area contributed by atoms with E-state index in [4.69, 9.17) is 0 Å². The summed E-state index contributed by atoms with van der Waals surface area (Å²) in [6, 6.07) is 16.4. The van der Waals surface area contributed by atoms with Gasteiger partial charge in [-0.05, 0) is 54.0 Å². The van der Waals surface area contributed by atoms with Crippen molar-refractivity contribution in [2.24, 2.45) is 0 Å². The Hall–Kier alpha value is -2.18. The Kier molecular flexibility index (Phi) is 6.75. The lowest BCUT2D eigenvalue weighted by Gasteiger charge is -2.23. The lowest BCUT2D eigenvalue weighted by Crippen LogP contribution is -2.32. The third kappa shape index (κ3) is 6.41. The van der Waals surface area contributed by atoms with Gasteiger partial charge in [0.2, 0.25) is 10.0 Å². The van der Waals surface area contributed by atoms with E-state index in [1.165, 1.54) is 5.56 Å². The first-order chi connectivity index (χ1) is 13.7. The van der Waals surface area contributed by atoms with E-state index in [1.807, 2.05) is 29.2 Å². The molecule has 2 aromatic carbocycles. The average molecular weight is 415 g/mol. The van der Waals surface area contributed by atoms with Crippen molar-refractivity contribution in [1.29, 1.82) is 0 Å². The molecule has 0 bridgehead atoms. The first kappa shape index (κ1) is 21.5. The molecule has 6 heteroatoms. The van der Waals surface area contributed by atoms with Crippen LogP contribution in [0.1, 0.15) is 59.7 Å². The summed E-state index contributed by atoms with van der Waals surface area (Å²) >= 11 is 0. The van der Waals surface area contributed by atoms with E-state index in [-0.39, 0.29) is 5.91 Å². The maximum Gasteiger partial charge on any atom is 0.254 e. The summed E-state index contributed by atoms with van der Waals surface area (Å²) in [5, 5.41) is 0. The van der Waals surface area contributed by atoms with E-state index >= 15 is 0 Å². The monoisotopic (exact) mass is 414 g/mol.